The lowest BCUT2D eigenvalue weighted by Gasteiger charge is -2.14. The summed E-state index contributed by atoms with van der Waals surface area (Å²) < 4.78 is 5.62. The Bertz CT molecular complexity index is 597. The normalized spacial score (nSPS) is 10.3. The Balaban J connectivity index is 2.43. The third-order valence-corrected chi connectivity index (χ3v) is 3.36. The Hall–Kier alpha value is -1.74. The average Bonchev–Trinajstić information content (AvgIpc) is 2.44. The zero-order chi connectivity index (χ0) is 14.5. The van der Waals surface area contributed by atoms with Gasteiger partial charge in [0.05, 0.1) is 6.61 Å². The van der Waals surface area contributed by atoms with Crippen molar-refractivity contribution in [1.82, 2.24) is 0 Å². The lowest BCUT2D eigenvalue weighted by Crippen LogP contribution is -1.99. The Morgan fingerprint density at radius 1 is 1.15 bits per heavy atom. The first-order chi connectivity index (χ1) is 9.65. The molecule has 3 heteroatoms. The van der Waals surface area contributed by atoms with Gasteiger partial charge in [0.15, 0.2) is 0 Å². The molecule has 2 aromatic carbocycles. The summed E-state index contributed by atoms with van der Waals surface area (Å²) in [5.41, 5.74) is 5.19. The van der Waals surface area contributed by atoms with Crippen molar-refractivity contribution in [2.75, 3.05) is 12.4 Å². The van der Waals surface area contributed by atoms with E-state index in [2.05, 4.69) is 26.5 Å². The Labute approximate surface area is 125 Å². The molecular formula is C17H18O2S. The second-order valence-electron chi connectivity index (χ2n) is 4.75. The minimum Gasteiger partial charge on any atom is -0.493 e. The summed E-state index contributed by atoms with van der Waals surface area (Å²) in [4.78, 5) is 10.9. The van der Waals surface area contributed by atoms with Crippen LogP contribution < -0.4 is 4.74 Å². The summed E-state index contributed by atoms with van der Waals surface area (Å²) in [5.74, 6) is 1.56. The predicted octanol–water partition coefficient (Wildman–Crippen LogP) is 4.09. The highest BCUT2D eigenvalue weighted by atomic mass is 32.1. The summed E-state index contributed by atoms with van der Waals surface area (Å²) in [7, 11) is 0. The molecule has 104 valence electrons. The Kier molecular flexibility index (Phi) is 4.85. The second-order valence-corrected chi connectivity index (χ2v) is 5.19. The fourth-order valence-corrected chi connectivity index (χ4v) is 2.48. The molecule has 0 fully saturated rings. The van der Waals surface area contributed by atoms with Crippen molar-refractivity contribution in [2.45, 2.75) is 13.8 Å². The number of aryl methyl sites for hydroxylation is 2. The minimum absolute atomic E-state index is 0.599. The molecule has 0 unspecified atom stereocenters. The molecule has 0 N–H and O–H groups in total. The van der Waals surface area contributed by atoms with Crippen LogP contribution in [0.3, 0.4) is 0 Å². The number of benzene rings is 2. The third-order valence-electron chi connectivity index (χ3n) is 3.18. The van der Waals surface area contributed by atoms with E-state index < -0.39 is 0 Å². The number of carbonyl (C=O) groups is 1. The molecule has 0 heterocycles. The summed E-state index contributed by atoms with van der Waals surface area (Å²) >= 11 is 4.14. The highest BCUT2D eigenvalue weighted by Gasteiger charge is 2.09. The summed E-state index contributed by atoms with van der Waals surface area (Å²) in [6.45, 7) is 4.72. The van der Waals surface area contributed by atoms with E-state index in [9.17, 15) is 4.79 Å². The highest BCUT2D eigenvalue weighted by molar-refractivity contribution is 7.80. The fourth-order valence-electron chi connectivity index (χ4n) is 2.39. The first-order valence-corrected chi connectivity index (χ1v) is 7.19. The molecule has 0 spiro atoms. The average molecular weight is 286 g/mol. The maximum atomic E-state index is 10.9. The third kappa shape index (κ3) is 3.23. The topological polar surface area (TPSA) is 26.3 Å². The van der Waals surface area contributed by atoms with Crippen LogP contribution in [0.2, 0.25) is 0 Å². The van der Waals surface area contributed by atoms with Gasteiger partial charge in [-0.15, -0.1) is 0 Å². The summed E-state index contributed by atoms with van der Waals surface area (Å²) in [6, 6.07) is 11.7. The zero-order valence-corrected chi connectivity index (χ0v) is 12.6. The molecule has 0 aliphatic rings. The van der Waals surface area contributed by atoms with E-state index in [4.69, 9.17) is 4.74 Å². The molecule has 2 aromatic rings. The van der Waals surface area contributed by atoms with Gasteiger partial charge < -0.3 is 4.74 Å². The van der Waals surface area contributed by atoms with Crippen molar-refractivity contribution in [2.24, 2.45) is 0 Å². The van der Waals surface area contributed by atoms with Crippen molar-refractivity contribution in [3.63, 3.8) is 0 Å². The first kappa shape index (κ1) is 14.7. The van der Waals surface area contributed by atoms with Crippen LogP contribution in [0.4, 0.5) is 0 Å². The summed E-state index contributed by atoms with van der Waals surface area (Å²) in [6.07, 6.45) is 0.873. The van der Waals surface area contributed by atoms with Crippen molar-refractivity contribution in [3.8, 4) is 16.9 Å². The first-order valence-electron chi connectivity index (χ1n) is 6.56. The maximum Gasteiger partial charge on any atom is 0.150 e. The van der Waals surface area contributed by atoms with Gasteiger partial charge in [0.1, 0.15) is 12.0 Å². The number of aldehydes is 1. The van der Waals surface area contributed by atoms with E-state index in [1.807, 2.05) is 36.4 Å². The molecular weight excluding hydrogens is 268 g/mol. The largest absolute Gasteiger partial charge is 0.493 e. The van der Waals surface area contributed by atoms with Gasteiger partial charge in [0.25, 0.3) is 0 Å². The van der Waals surface area contributed by atoms with E-state index in [1.54, 1.807) is 0 Å². The SMILES string of the molecule is Cc1cc(OCCS)cc(C)c1-c1cccc(C=O)c1. The smallest absolute Gasteiger partial charge is 0.150 e. The van der Waals surface area contributed by atoms with Crippen LogP contribution in [-0.4, -0.2) is 18.6 Å². The van der Waals surface area contributed by atoms with Crippen molar-refractivity contribution in [1.29, 1.82) is 0 Å². The van der Waals surface area contributed by atoms with Gasteiger partial charge >= 0.3 is 0 Å². The number of hydrogen-bond acceptors (Lipinski definition) is 3. The fraction of sp³-hybridized carbons (Fsp3) is 0.235. The van der Waals surface area contributed by atoms with Crippen molar-refractivity contribution < 1.29 is 9.53 Å². The van der Waals surface area contributed by atoms with E-state index >= 15 is 0 Å². The summed E-state index contributed by atoms with van der Waals surface area (Å²) in [5, 5.41) is 0. The second kappa shape index (κ2) is 6.62. The molecule has 0 saturated carbocycles. The number of carbonyl (C=O) groups excluding carboxylic acids is 1. The van der Waals surface area contributed by atoms with Gasteiger partial charge in [-0.25, -0.2) is 0 Å². The van der Waals surface area contributed by atoms with Crippen LogP contribution in [-0.2, 0) is 0 Å². The van der Waals surface area contributed by atoms with Crippen LogP contribution >= 0.6 is 12.6 Å². The zero-order valence-electron chi connectivity index (χ0n) is 11.7. The quantitative estimate of drug-likeness (QED) is 0.662. The van der Waals surface area contributed by atoms with Gasteiger partial charge in [0, 0.05) is 11.3 Å². The molecule has 0 radical (unpaired) electrons. The van der Waals surface area contributed by atoms with E-state index in [1.165, 1.54) is 0 Å². The number of hydrogen-bond donors (Lipinski definition) is 1. The molecule has 0 bridgehead atoms. The monoisotopic (exact) mass is 286 g/mol. The van der Waals surface area contributed by atoms with Gasteiger partial charge in [-0.05, 0) is 54.3 Å². The number of rotatable bonds is 5. The minimum atomic E-state index is 0.599. The van der Waals surface area contributed by atoms with Crippen LogP contribution in [0.1, 0.15) is 21.5 Å². The lowest BCUT2D eigenvalue weighted by molar-refractivity contribution is 0.112. The molecule has 2 nitrogen and oxygen atoms in total. The highest BCUT2D eigenvalue weighted by Crippen LogP contribution is 2.31. The van der Waals surface area contributed by atoms with Crippen LogP contribution in [0.15, 0.2) is 36.4 Å². The molecule has 0 aliphatic carbocycles. The van der Waals surface area contributed by atoms with Gasteiger partial charge in [-0.2, -0.15) is 12.6 Å². The Morgan fingerprint density at radius 3 is 2.45 bits per heavy atom. The molecule has 0 atom stereocenters. The predicted molar refractivity (Wildman–Crippen MR) is 86.1 cm³/mol. The van der Waals surface area contributed by atoms with Crippen LogP contribution in [0.25, 0.3) is 11.1 Å². The van der Waals surface area contributed by atoms with E-state index in [0.717, 1.165) is 34.3 Å². The van der Waals surface area contributed by atoms with Crippen LogP contribution in [0, 0.1) is 13.8 Å². The van der Waals surface area contributed by atoms with Crippen molar-refractivity contribution in [3.05, 3.63) is 53.1 Å². The molecule has 20 heavy (non-hydrogen) atoms. The van der Waals surface area contributed by atoms with E-state index in [0.29, 0.717) is 17.9 Å². The number of thiol groups is 1. The number of ether oxygens (including phenoxy) is 1. The van der Waals surface area contributed by atoms with Gasteiger partial charge in [0.2, 0.25) is 0 Å². The standard InChI is InChI=1S/C17H18O2S/c1-12-8-16(19-6-7-20)9-13(2)17(12)15-5-3-4-14(10-15)11-18/h3-5,8-11,20H,6-7H2,1-2H3. The lowest BCUT2D eigenvalue weighted by atomic mass is 9.94. The molecule has 0 aromatic heterocycles. The van der Waals surface area contributed by atoms with Gasteiger partial charge in [-0.3, -0.25) is 4.79 Å². The molecule has 0 saturated heterocycles. The van der Waals surface area contributed by atoms with Crippen LogP contribution in [0.5, 0.6) is 5.75 Å². The molecule has 0 aliphatic heterocycles. The van der Waals surface area contributed by atoms with Crippen molar-refractivity contribution >= 4 is 18.9 Å². The van der Waals surface area contributed by atoms with Gasteiger partial charge in [-0.1, -0.05) is 18.2 Å². The Morgan fingerprint density at radius 2 is 1.85 bits per heavy atom. The molecule has 0 amide bonds. The maximum absolute atomic E-state index is 10.9. The molecule has 2 rings (SSSR count). The van der Waals surface area contributed by atoms with E-state index in [-0.39, 0.29) is 0 Å².